The average molecular weight is 210 g/mol. The van der Waals surface area contributed by atoms with Gasteiger partial charge < -0.3 is 5.32 Å². The molecule has 0 aromatic rings. The van der Waals surface area contributed by atoms with Crippen LogP contribution in [0.2, 0.25) is 0 Å². The zero-order valence-corrected chi connectivity index (χ0v) is 9.64. The zero-order valence-electron chi connectivity index (χ0n) is 8.01. The molecular formula is C9H20ClNS. The Kier molecular flexibility index (Phi) is 7.40. The Bertz CT molecular complexity index is 103. The van der Waals surface area contributed by atoms with Crippen LogP contribution in [0, 0.1) is 5.92 Å². The molecule has 1 aliphatic heterocycles. The Hall–Kier alpha value is 0.600. The third-order valence-corrected chi connectivity index (χ3v) is 3.39. The molecule has 1 nitrogen and oxygen atoms in total. The lowest BCUT2D eigenvalue weighted by Gasteiger charge is -2.22. The lowest BCUT2D eigenvalue weighted by molar-refractivity contribution is 0.410. The van der Waals surface area contributed by atoms with E-state index in [9.17, 15) is 0 Å². The highest BCUT2D eigenvalue weighted by Gasteiger charge is 2.12. The molecule has 0 spiro atoms. The van der Waals surface area contributed by atoms with Gasteiger partial charge in [-0.25, -0.2) is 0 Å². The lowest BCUT2D eigenvalue weighted by atomic mass is 10.0. The van der Waals surface area contributed by atoms with Gasteiger partial charge in [0.2, 0.25) is 0 Å². The molecule has 1 unspecified atom stereocenters. The first-order chi connectivity index (χ1) is 5.29. The molecule has 0 aromatic heterocycles. The van der Waals surface area contributed by atoms with Crippen molar-refractivity contribution >= 4 is 24.2 Å². The summed E-state index contributed by atoms with van der Waals surface area (Å²) in [5.74, 6) is 2.29. The topological polar surface area (TPSA) is 12.0 Å². The molecule has 0 bridgehead atoms. The SMILES string of the molecule is CC(C)SCC1CCCNC1.Cl. The van der Waals surface area contributed by atoms with Gasteiger partial charge in [0.25, 0.3) is 0 Å². The molecule has 0 aliphatic carbocycles. The number of piperidine rings is 1. The van der Waals surface area contributed by atoms with E-state index in [1.165, 1.54) is 31.7 Å². The summed E-state index contributed by atoms with van der Waals surface area (Å²) >= 11 is 2.10. The molecule has 0 saturated carbocycles. The molecule has 1 rings (SSSR count). The van der Waals surface area contributed by atoms with E-state index in [4.69, 9.17) is 0 Å². The summed E-state index contributed by atoms with van der Waals surface area (Å²) in [5, 5.41) is 4.25. The fourth-order valence-corrected chi connectivity index (χ4v) is 2.34. The number of halogens is 1. The summed E-state index contributed by atoms with van der Waals surface area (Å²) in [5.41, 5.74) is 0. The quantitative estimate of drug-likeness (QED) is 0.767. The smallest absolute Gasteiger partial charge is 0.000957 e. The van der Waals surface area contributed by atoms with Gasteiger partial charge in [-0.3, -0.25) is 0 Å². The molecule has 3 heteroatoms. The van der Waals surface area contributed by atoms with Gasteiger partial charge in [0.05, 0.1) is 0 Å². The van der Waals surface area contributed by atoms with Crippen molar-refractivity contribution in [1.82, 2.24) is 5.32 Å². The van der Waals surface area contributed by atoms with Gasteiger partial charge >= 0.3 is 0 Å². The monoisotopic (exact) mass is 209 g/mol. The van der Waals surface area contributed by atoms with Crippen molar-refractivity contribution in [3.63, 3.8) is 0 Å². The maximum atomic E-state index is 3.45. The summed E-state index contributed by atoms with van der Waals surface area (Å²) in [6, 6.07) is 0. The second-order valence-corrected chi connectivity index (χ2v) is 5.20. The molecule has 1 aliphatic rings. The van der Waals surface area contributed by atoms with Crippen LogP contribution in [-0.2, 0) is 0 Å². The minimum Gasteiger partial charge on any atom is -0.316 e. The molecule has 1 N–H and O–H groups in total. The van der Waals surface area contributed by atoms with Crippen molar-refractivity contribution in [1.29, 1.82) is 0 Å². The van der Waals surface area contributed by atoms with E-state index < -0.39 is 0 Å². The molecule has 1 fully saturated rings. The first-order valence-corrected chi connectivity index (χ1v) is 5.66. The van der Waals surface area contributed by atoms with Crippen LogP contribution in [0.15, 0.2) is 0 Å². The zero-order chi connectivity index (χ0) is 8.10. The molecule has 0 aromatic carbocycles. The molecule has 74 valence electrons. The second kappa shape index (κ2) is 7.05. The number of hydrogen-bond acceptors (Lipinski definition) is 2. The standard InChI is InChI=1S/C9H19NS.ClH/c1-8(2)11-7-9-4-3-5-10-6-9;/h8-10H,3-7H2,1-2H3;1H. The van der Waals surface area contributed by atoms with E-state index in [1.54, 1.807) is 0 Å². The summed E-state index contributed by atoms with van der Waals surface area (Å²) in [6.45, 7) is 7.05. The summed E-state index contributed by atoms with van der Waals surface area (Å²) in [6.07, 6.45) is 2.82. The number of hydrogen-bond donors (Lipinski definition) is 1. The van der Waals surface area contributed by atoms with Crippen molar-refractivity contribution in [2.24, 2.45) is 5.92 Å². The Labute approximate surface area is 86.5 Å². The van der Waals surface area contributed by atoms with Crippen LogP contribution in [0.1, 0.15) is 26.7 Å². The van der Waals surface area contributed by atoms with E-state index >= 15 is 0 Å². The highest BCUT2D eigenvalue weighted by atomic mass is 35.5. The molecule has 12 heavy (non-hydrogen) atoms. The summed E-state index contributed by atoms with van der Waals surface area (Å²) in [7, 11) is 0. The third kappa shape index (κ3) is 5.28. The Morgan fingerprint density at radius 3 is 2.75 bits per heavy atom. The minimum absolute atomic E-state index is 0. The van der Waals surface area contributed by atoms with Crippen molar-refractivity contribution < 1.29 is 0 Å². The first-order valence-electron chi connectivity index (χ1n) is 4.61. The highest BCUT2D eigenvalue weighted by molar-refractivity contribution is 7.99. The van der Waals surface area contributed by atoms with Crippen molar-refractivity contribution in [2.45, 2.75) is 31.9 Å². The van der Waals surface area contributed by atoms with Gasteiger partial charge in [0.15, 0.2) is 0 Å². The maximum absolute atomic E-state index is 3.45. The predicted molar refractivity (Wildman–Crippen MR) is 60.4 cm³/mol. The van der Waals surface area contributed by atoms with Crippen molar-refractivity contribution in [3.05, 3.63) is 0 Å². The molecule has 0 radical (unpaired) electrons. The normalized spacial score (nSPS) is 23.8. The third-order valence-electron chi connectivity index (χ3n) is 2.06. The van der Waals surface area contributed by atoms with Gasteiger partial charge in [-0.15, -0.1) is 12.4 Å². The number of rotatable bonds is 3. The van der Waals surface area contributed by atoms with E-state index in [-0.39, 0.29) is 12.4 Å². The van der Waals surface area contributed by atoms with Gasteiger partial charge in [-0.2, -0.15) is 11.8 Å². The fourth-order valence-electron chi connectivity index (χ4n) is 1.39. The Morgan fingerprint density at radius 1 is 1.50 bits per heavy atom. The van der Waals surface area contributed by atoms with Crippen LogP contribution in [0.3, 0.4) is 0 Å². The van der Waals surface area contributed by atoms with Crippen LogP contribution in [0.4, 0.5) is 0 Å². The fraction of sp³-hybridized carbons (Fsp3) is 1.00. The summed E-state index contributed by atoms with van der Waals surface area (Å²) in [4.78, 5) is 0. The van der Waals surface area contributed by atoms with Crippen LogP contribution >= 0.6 is 24.2 Å². The van der Waals surface area contributed by atoms with Crippen LogP contribution in [0.5, 0.6) is 0 Å². The Balaban J connectivity index is 0.00000121. The largest absolute Gasteiger partial charge is 0.316 e. The van der Waals surface area contributed by atoms with Gasteiger partial charge in [-0.1, -0.05) is 13.8 Å². The second-order valence-electron chi connectivity index (χ2n) is 3.59. The van der Waals surface area contributed by atoms with Crippen LogP contribution < -0.4 is 5.32 Å². The van der Waals surface area contributed by atoms with Crippen LogP contribution in [-0.4, -0.2) is 24.1 Å². The van der Waals surface area contributed by atoms with Crippen molar-refractivity contribution in [2.75, 3.05) is 18.8 Å². The maximum Gasteiger partial charge on any atom is -0.000957 e. The summed E-state index contributed by atoms with van der Waals surface area (Å²) < 4.78 is 0. The van der Waals surface area contributed by atoms with Crippen molar-refractivity contribution in [3.8, 4) is 0 Å². The number of thioether (sulfide) groups is 1. The molecule has 1 atom stereocenters. The van der Waals surface area contributed by atoms with Gasteiger partial charge in [0, 0.05) is 0 Å². The Morgan fingerprint density at radius 2 is 2.25 bits per heavy atom. The minimum atomic E-state index is 0. The van der Waals surface area contributed by atoms with E-state index in [1.807, 2.05) is 0 Å². The first kappa shape index (κ1) is 12.6. The average Bonchev–Trinajstić information content (AvgIpc) is 2.03. The lowest BCUT2D eigenvalue weighted by Crippen LogP contribution is -2.31. The van der Waals surface area contributed by atoms with Gasteiger partial charge in [0.1, 0.15) is 0 Å². The molecular weight excluding hydrogens is 190 g/mol. The number of nitrogens with one attached hydrogen (secondary N) is 1. The van der Waals surface area contributed by atoms with E-state index in [2.05, 4.69) is 30.9 Å². The molecule has 1 saturated heterocycles. The van der Waals surface area contributed by atoms with Gasteiger partial charge in [-0.05, 0) is 42.9 Å². The van der Waals surface area contributed by atoms with E-state index in [0.717, 1.165) is 11.2 Å². The predicted octanol–water partition coefficient (Wildman–Crippen LogP) is 2.55. The van der Waals surface area contributed by atoms with E-state index in [0.29, 0.717) is 0 Å². The van der Waals surface area contributed by atoms with Crippen LogP contribution in [0.25, 0.3) is 0 Å². The highest BCUT2D eigenvalue weighted by Crippen LogP contribution is 2.19. The molecule has 0 amide bonds. The molecule has 1 heterocycles.